The zero-order chi connectivity index (χ0) is 20.1. The summed E-state index contributed by atoms with van der Waals surface area (Å²) in [5, 5.41) is 2.69. The van der Waals surface area contributed by atoms with Crippen molar-refractivity contribution in [3.8, 4) is 11.1 Å². The molecule has 0 saturated heterocycles. The number of ketones is 1. The van der Waals surface area contributed by atoms with E-state index in [0.29, 0.717) is 5.69 Å². The number of anilines is 1. The molecule has 3 nitrogen and oxygen atoms in total. The number of hydrogen-bond donors (Lipinski definition) is 1. The van der Waals surface area contributed by atoms with Gasteiger partial charge in [-0.05, 0) is 39.8 Å². The average Bonchev–Trinajstić information content (AvgIpc) is 2.69. The van der Waals surface area contributed by atoms with E-state index in [-0.39, 0.29) is 11.8 Å². The van der Waals surface area contributed by atoms with Crippen molar-refractivity contribution in [2.45, 2.75) is 32.6 Å². The van der Waals surface area contributed by atoms with Crippen LogP contribution in [-0.2, 0) is 21.4 Å². The molecule has 0 spiro atoms. The molecular weight excluding hydrogens is 346 g/mol. The minimum Gasteiger partial charge on any atom is -0.319 e. The third-order valence-corrected chi connectivity index (χ3v) is 4.69. The number of nitrogens with one attached hydrogen (secondary N) is 1. The van der Waals surface area contributed by atoms with E-state index in [0.717, 1.165) is 16.7 Å². The molecule has 0 atom stereocenters. The van der Waals surface area contributed by atoms with Crippen molar-refractivity contribution in [2.75, 3.05) is 5.32 Å². The Balaban J connectivity index is 1.60. The van der Waals surface area contributed by atoms with Gasteiger partial charge in [0.25, 0.3) is 5.91 Å². The molecule has 0 aliphatic heterocycles. The van der Waals surface area contributed by atoms with E-state index in [1.165, 1.54) is 5.56 Å². The maximum Gasteiger partial charge on any atom is 0.292 e. The van der Waals surface area contributed by atoms with Crippen molar-refractivity contribution in [3.63, 3.8) is 0 Å². The smallest absolute Gasteiger partial charge is 0.292 e. The van der Waals surface area contributed by atoms with Crippen LogP contribution in [0, 0.1) is 0 Å². The molecular formula is C25H25NO2. The van der Waals surface area contributed by atoms with E-state index in [1.807, 2.05) is 78.9 Å². The van der Waals surface area contributed by atoms with Gasteiger partial charge in [0.1, 0.15) is 0 Å². The third-order valence-electron chi connectivity index (χ3n) is 4.69. The summed E-state index contributed by atoms with van der Waals surface area (Å²) in [6, 6.07) is 25.4. The predicted octanol–water partition coefficient (Wildman–Crippen LogP) is 5.40. The number of rotatable bonds is 5. The molecule has 0 unspecified atom stereocenters. The van der Waals surface area contributed by atoms with Crippen molar-refractivity contribution in [1.82, 2.24) is 0 Å². The van der Waals surface area contributed by atoms with Gasteiger partial charge in [0.05, 0.1) is 0 Å². The standard InChI is InChI=1S/C25H25NO2/c1-25(2,3)21-13-15-22(16-14-21)26-24(28)23(27)17-18-9-11-20(12-10-18)19-7-5-4-6-8-19/h4-16H,17H2,1-3H3,(H,26,28). The Morgan fingerprint density at radius 3 is 1.89 bits per heavy atom. The van der Waals surface area contributed by atoms with E-state index in [1.54, 1.807) is 0 Å². The normalized spacial score (nSPS) is 11.1. The second kappa shape index (κ2) is 8.22. The molecule has 0 bridgehead atoms. The predicted molar refractivity (Wildman–Crippen MR) is 114 cm³/mol. The molecule has 0 aliphatic carbocycles. The van der Waals surface area contributed by atoms with Gasteiger partial charge < -0.3 is 5.32 Å². The molecule has 1 N–H and O–H groups in total. The Morgan fingerprint density at radius 1 is 0.750 bits per heavy atom. The van der Waals surface area contributed by atoms with Crippen molar-refractivity contribution < 1.29 is 9.59 Å². The largest absolute Gasteiger partial charge is 0.319 e. The second-order valence-electron chi connectivity index (χ2n) is 7.94. The van der Waals surface area contributed by atoms with E-state index >= 15 is 0 Å². The van der Waals surface area contributed by atoms with Crippen LogP contribution in [0.15, 0.2) is 78.9 Å². The highest BCUT2D eigenvalue weighted by molar-refractivity contribution is 6.41. The first-order chi connectivity index (χ1) is 13.3. The van der Waals surface area contributed by atoms with Gasteiger partial charge in [0.15, 0.2) is 0 Å². The lowest BCUT2D eigenvalue weighted by Gasteiger charge is -2.19. The SMILES string of the molecule is CC(C)(C)c1ccc(NC(=O)C(=O)Cc2ccc(-c3ccccc3)cc2)cc1. The molecule has 3 rings (SSSR count). The lowest BCUT2D eigenvalue weighted by molar-refractivity contribution is -0.134. The maximum absolute atomic E-state index is 12.3. The number of carbonyl (C=O) groups excluding carboxylic acids is 2. The minimum absolute atomic E-state index is 0.0459. The van der Waals surface area contributed by atoms with Crippen LogP contribution >= 0.6 is 0 Å². The van der Waals surface area contributed by atoms with Gasteiger partial charge in [-0.1, -0.05) is 87.5 Å². The second-order valence-corrected chi connectivity index (χ2v) is 7.94. The molecule has 3 aromatic rings. The first kappa shape index (κ1) is 19.6. The third kappa shape index (κ3) is 4.95. The van der Waals surface area contributed by atoms with Crippen LogP contribution in [0.25, 0.3) is 11.1 Å². The fourth-order valence-corrected chi connectivity index (χ4v) is 2.97. The van der Waals surface area contributed by atoms with Gasteiger partial charge in [0.2, 0.25) is 5.78 Å². The Labute approximate surface area is 166 Å². The highest BCUT2D eigenvalue weighted by Gasteiger charge is 2.16. The molecule has 0 aromatic heterocycles. The highest BCUT2D eigenvalue weighted by Crippen LogP contribution is 2.23. The lowest BCUT2D eigenvalue weighted by atomic mass is 9.87. The summed E-state index contributed by atoms with van der Waals surface area (Å²) >= 11 is 0. The van der Waals surface area contributed by atoms with Gasteiger partial charge >= 0.3 is 0 Å². The highest BCUT2D eigenvalue weighted by atomic mass is 16.2. The van der Waals surface area contributed by atoms with E-state index < -0.39 is 11.7 Å². The van der Waals surface area contributed by atoms with Crippen molar-refractivity contribution in [2.24, 2.45) is 0 Å². The number of benzene rings is 3. The summed E-state index contributed by atoms with van der Waals surface area (Å²) in [6.45, 7) is 6.40. The molecule has 0 saturated carbocycles. The zero-order valence-electron chi connectivity index (χ0n) is 16.5. The Morgan fingerprint density at radius 2 is 1.32 bits per heavy atom. The van der Waals surface area contributed by atoms with Crippen molar-refractivity contribution >= 4 is 17.4 Å². The van der Waals surface area contributed by atoms with Crippen LogP contribution in [-0.4, -0.2) is 11.7 Å². The van der Waals surface area contributed by atoms with E-state index in [2.05, 4.69) is 26.1 Å². The summed E-state index contributed by atoms with van der Waals surface area (Å²) < 4.78 is 0. The van der Waals surface area contributed by atoms with Gasteiger partial charge in [-0.2, -0.15) is 0 Å². The van der Waals surface area contributed by atoms with Crippen LogP contribution in [0.3, 0.4) is 0 Å². The summed E-state index contributed by atoms with van der Waals surface area (Å²) in [4.78, 5) is 24.5. The summed E-state index contributed by atoms with van der Waals surface area (Å²) in [6.07, 6.45) is 0.0843. The zero-order valence-corrected chi connectivity index (χ0v) is 16.5. The Hall–Kier alpha value is -3.20. The monoisotopic (exact) mass is 371 g/mol. The number of hydrogen-bond acceptors (Lipinski definition) is 2. The minimum atomic E-state index is -0.587. The number of amides is 1. The molecule has 0 aliphatic rings. The fourth-order valence-electron chi connectivity index (χ4n) is 2.97. The van der Waals surface area contributed by atoms with Crippen LogP contribution in [0.5, 0.6) is 0 Å². The fraction of sp³-hybridized carbons (Fsp3) is 0.200. The topological polar surface area (TPSA) is 46.2 Å². The summed E-state index contributed by atoms with van der Waals surface area (Å²) in [5.41, 5.74) is 4.88. The molecule has 0 heterocycles. The molecule has 3 aromatic carbocycles. The van der Waals surface area contributed by atoms with Gasteiger partial charge in [-0.15, -0.1) is 0 Å². The van der Waals surface area contributed by atoms with Gasteiger partial charge in [0, 0.05) is 12.1 Å². The van der Waals surface area contributed by atoms with Crippen LogP contribution < -0.4 is 5.32 Å². The lowest BCUT2D eigenvalue weighted by Crippen LogP contribution is -2.24. The number of Topliss-reactive ketones (excluding diaryl/α,β-unsaturated/α-hetero) is 1. The van der Waals surface area contributed by atoms with Crippen molar-refractivity contribution in [1.29, 1.82) is 0 Å². The average molecular weight is 371 g/mol. The van der Waals surface area contributed by atoms with Crippen LogP contribution in [0.4, 0.5) is 5.69 Å². The summed E-state index contributed by atoms with van der Waals surface area (Å²) in [7, 11) is 0. The van der Waals surface area contributed by atoms with E-state index in [4.69, 9.17) is 0 Å². The molecule has 0 radical (unpaired) electrons. The Bertz CT molecular complexity index is 950. The van der Waals surface area contributed by atoms with Gasteiger partial charge in [-0.3, -0.25) is 9.59 Å². The number of carbonyl (C=O) groups is 2. The maximum atomic E-state index is 12.3. The first-order valence-corrected chi connectivity index (χ1v) is 9.42. The Kier molecular flexibility index (Phi) is 5.74. The van der Waals surface area contributed by atoms with Crippen molar-refractivity contribution in [3.05, 3.63) is 90.0 Å². The molecule has 1 amide bonds. The summed E-state index contributed by atoms with van der Waals surface area (Å²) in [5.74, 6) is -1.04. The van der Waals surface area contributed by atoms with Crippen LogP contribution in [0.1, 0.15) is 31.9 Å². The van der Waals surface area contributed by atoms with Gasteiger partial charge in [-0.25, -0.2) is 0 Å². The molecule has 28 heavy (non-hydrogen) atoms. The molecule has 3 heteroatoms. The van der Waals surface area contributed by atoms with E-state index in [9.17, 15) is 9.59 Å². The first-order valence-electron chi connectivity index (χ1n) is 9.42. The molecule has 0 fully saturated rings. The van der Waals surface area contributed by atoms with Crippen LogP contribution in [0.2, 0.25) is 0 Å². The molecule has 142 valence electrons. The quantitative estimate of drug-likeness (QED) is 0.610.